The van der Waals surface area contributed by atoms with Crippen LogP contribution in [0.1, 0.15) is 0 Å². The summed E-state index contributed by atoms with van der Waals surface area (Å²) in [5.74, 6) is -0.685. The minimum absolute atomic E-state index is 0.0673. The first-order valence-electron chi connectivity index (χ1n) is 6.24. The van der Waals surface area contributed by atoms with Crippen molar-refractivity contribution in [3.05, 3.63) is 52.7 Å². The zero-order valence-electron chi connectivity index (χ0n) is 11.2. The van der Waals surface area contributed by atoms with E-state index in [1.807, 2.05) is 6.07 Å². The number of methoxy groups -OCH3 is 1. The van der Waals surface area contributed by atoms with Crippen LogP contribution in [0.2, 0.25) is 0 Å². The van der Waals surface area contributed by atoms with Crippen molar-refractivity contribution in [2.45, 2.75) is 0 Å². The largest absolute Gasteiger partial charge is 0.504 e. The van der Waals surface area contributed by atoms with Gasteiger partial charge in [0.15, 0.2) is 17.3 Å². The van der Waals surface area contributed by atoms with E-state index in [0.717, 1.165) is 0 Å². The SMILES string of the molecule is COc1ccc2oc(-c3ccccc3)c(O)c(=O)c2c1O. The normalized spacial score (nSPS) is 10.7. The minimum Gasteiger partial charge on any atom is -0.504 e. The van der Waals surface area contributed by atoms with Crippen LogP contribution in [-0.4, -0.2) is 17.3 Å². The third-order valence-electron chi connectivity index (χ3n) is 3.23. The molecule has 1 heterocycles. The molecule has 5 nitrogen and oxygen atoms in total. The monoisotopic (exact) mass is 284 g/mol. The zero-order chi connectivity index (χ0) is 15.0. The van der Waals surface area contributed by atoms with Crippen LogP contribution in [0, 0.1) is 0 Å². The molecule has 0 spiro atoms. The zero-order valence-corrected chi connectivity index (χ0v) is 11.2. The Bertz CT molecular complexity index is 865. The molecule has 0 radical (unpaired) electrons. The number of hydrogen-bond acceptors (Lipinski definition) is 5. The predicted molar refractivity (Wildman–Crippen MR) is 77.8 cm³/mol. The van der Waals surface area contributed by atoms with E-state index in [-0.39, 0.29) is 28.2 Å². The second kappa shape index (κ2) is 4.86. The Morgan fingerprint density at radius 2 is 1.71 bits per heavy atom. The third kappa shape index (κ3) is 1.99. The molecule has 1 aromatic heterocycles. The fourth-order valence-corrected chi connectivity index (χ4v) is 2.19. The molecule has 0 bridgehead atoms. The van der Waals surface area contributed by atoms with E-state index in [1.165, 1.54) is 19.2 Å². The van der Waals surface area contributed by atoms with Crippen LogP contribution < -0.4 is 10.2 Å². The second-order valence-corrected chi connectivity index (χ2v) is 4.46. The van der Waals surface area contributed by atoms with Crippen LogP contribution in [0.5, 0.6) is 17.2 Å². The molecule has 0 atom stereocenters. The van der Waals surface area contributed by atoms with E-state index >= 15 is 0 Å². The van der Waals surface area contributed by atoms with Crippen molar-refractivity contribution in [1.82, 2.24) is 0 Å². The number of aromatic hydroxyl groups is 2. The molecule has 0 amide bonds. The lowest BCUT2D eigenvalue weighted by Crippen LogP contribution is -2.03. The maximum atomic E-state index is 12.3. The van der Waals surface area contributed by atoms with Crippen molar-refractivity contribution >= 4 is 11.0 Å². The summed E-state index contributed by atoms with van der Waals surface area (Å²) in [5.41, 5.74) is 0.0470. The Balaban J connectivity index is 2.38. The Hall–Kier alpha value is -2.95. The average Bonchev–Trinajstić information content (AvgIpc) is 2.51. The first kappa shape index (κ1) is 13.1. The number of ether oxygens (including phenoxy) is 1. The highest BCUT2D eigenvalue weighted by molar-refractivity contribution is 5.89. The maximum Gasteiger partial charge on any atom is 0.238 e. The van der Waals surface area contributed by atoms with Crippen LogP contribution in [0.25, 0.3) is 22.3 Å². The number of fused-ring (bicyclic) bond motifs is 1. The highest BCUT2D eigenvalue weighted by Crippen LogP contribution is 2.36. The highest BCUT2D eigenvalue weighted by Gasteiger charge is 2.19. The number of benzene rings is 2. The first-order chi connectivity index (χ1) is 10.1. The Kier molecular flexibility index (Phi) is 3.02. The van der Waals surface area contributed by atoms with Gasteiger partial charge in [-0.05, 0) is 12.1 Å². The summed E-state index contributed by atoms with van der Waals surface area (Å²) < 4.78 is 10.5. The van der Waals surface area contributed by atoms with Crippen molar-refractivity contribution in [2.75, 3.05) is 7.11 Å². The van der Waals surface area contributed by atoms with Gasteiger partial charge < -0.3 is 19.4 Å². The molecule has 0 saturated carbocycles. The number of hydrogen-bond donors (Lipinski definition) is 2. The summed E-state index contributed by atoms with van der Waals surface area (Å²) in [6.45, 7) is 0. The van der Waals surface area contributed by atoms with Crippen LogP contribution in [0.4, 0.5) is 0 Å². The highest BCUT2D eigenvalue weighted by atomic mass is 16.5. The topological polar surface area (TPSA) is 79.9 Å². The van der Waals surface area contributed by atoms with Gasteiger partial charge in [-0.1, -0.05) is 30.3 Å². The Labute approximate surface area is 119 Å². The van der Waals surface area contributed by atoms with E-state index in [9.17, 15) is 15.0 Å². The fourth-order valence-electron chi connectivity index (χ4n) is 2.19. The van der Waals surface area contributed by atoms with Gasteiger partial charge in [0.25, 0.3) is 0 Å². The first-order valence-corrected chi connectivity index (χ1v) is 6.24. The predicted octanol–water partition coefficient (Wildman–Crippen LogP) is 2.88. The lowest BCUT2D eigenvalue weighted by atomic mass is 10.1. The smallest absolute Gasteiger partial charge is 0.238 e. The van der Waals surface area contributed by atoms with Gasteiger partial charge in [0.1, 0.15) is 11.0 Å². The molecule has 21 heavy (non-hydrogen) atoms. The molecule has 0 aliphatic carbocycles. The summed E-state index contributed by atoms with van der Waals surface area (Å²) in [4.78, 5) is 12.3. The fraction of sp³-hybridized carbons (Fsp3) is 0.0625. The third-order valence-corrected chi connectivity index (χ3v) is 3.23. The molecule has 0 fully saturated rings. The van der Waals surface area contributed by atoms with E-state index in [0.29, 0.717) is 5.56 Å². The lowest BCUT2D eigenvalue weighted by Gasteiger charge is -2.09. The average molecular weight is 284 g/mol. The Morgan fingerprint density at radius 1 is 1.00 bits per heavy atom. The van der Waals surface area contributed by atoms with Crippen molar-refractivity contribution in [2.24, 2.45) is 0 Å². The van der Waals surface area contributed by atoms with Crippen LogP contribution in [0.3, 0.4) is 0 Å². The molecule has 0 aliphatic rings. The number of rotatable bonds is 2. The molecule has 0 aliphatic heterocycles. The van der Waals surface area contributed by atoms with Crippen molar-refractivity contribution < 1.29 is 19.4 Å². The van der Waals surface area contributed by atoms with Gasteiger partial charge in [0, 0.05) is 5.56 Å². The molecule has 3 rings (SSSR count). The van der Waals surface area contributed by atoms with Gasteiger partial charge in [0.2, 0.25) is 11.2 Å². The van der Waals surface area contributed by atoms with E-state index in [1.54, 1.807) is 24.3 Å². The maximum absolute atomic E-state index is 12.3. The van der Waals surface area contributed by atoms with Crippen molar-refractivity contribution in [3.8, 4) is 28.6 Å². The molecule has 106 valence electrons. The molecular formula is C16H12O5. The quantitative estimate of drug-likeness (QED) is 0.756. The van der Waals surface area contributed by atoms with E-state index < -0.39 is 11.2 Å². The standard InChI is InChI=1S/C16H12O5/c1-20-11-8-7-10-12(13(11)17)14(18)15(19)16(21-10)9-5-3-2-4-6-9/h2-8,17,19H,1H3. The van der Waals surface area contributed by atoms with E-state index in [2.05, 4.69) is 0 Å². The van der Waals surface area contributed by atoms with E-state index in [4.69, 9.17) is 9.15 Å². The van der Waals surface area contributed by atoms with Crippen molar-refractivity contribution in [1.29, 1.82) is 0 Å². The summed E-state index contributed by atoms with van der Waals surface area (Å²) >= 11 is 0. The van der Waals surface area contributed by atoms with Gasteiger partial charge in [-0.3, -0.25) is 4.79 Å². The van der Waals surface area contributed by atoms with Gasteiger partial charge in [-0.25, -0.2) is 0 Å². The molecule has 0 unspecified atom stereocenters. The molecule has 3 aromatic rings. The van der Waals surface area contributed by atoms with Gasteiger partial charge in [-0.2, -0.15) is 0 Å². The number of phenolic OH excluding ortho intramolecular Hbond substituents is 1. The summed E-state index contributed by atoms with van der Waals surface area (Å²) in [6, 6.07) is 11.8. The van der Waals surface area contributed by atoms with Gasteiger partial charge in [0.05, 0.1) is 7.11 Å². The van der Waals surface area contributed by atoms with Gasteiger partial charge >= 0.3 is 0 Å². The number of phenols is 1. The minimum atomic E-state index is -0.702. The van der Waals surface area contributed by atoms with Crippen LogP contribution in [0.15, 0.2) is 51.7 Å². The molecule has 2 N–H and O–H groups in total. The summed E-state index contributed by atoms with van der Waals surface area (Å²) in [5, 5.41) is 20.0. The van der Waals surface area contributed by atoms with Crippen LogP contribution in [-0.2, 0) is 0 Å². The summed E-state index contributed by atoms with van der Waals surface area (Å²) in [7, 11) is 1.38. The Morgan fingerprint density at radius 3 is 2.38 bits per heavy atom. The molecular weight excluding hydrogens is 272 g/mol. The molecule has 2 aromatic carbocycles. The van der Waals surface area contributed by atoms with Gasteiger partial charge in [-0.15, -0.1) is 0 Å². The second-order valence-electron chi connectivity index (χ2n) is 4.46. The van der Waals surface area contributed by atoms with Crippen molar-refractivity contribution in [3.63, 3.8) is 0 Å². The molecule has 0 saturated heterocycles. The summed E-state index contributed by atoms with van der Waals surface area (Å²) in [6.07, 6.45) is 0. The molecule has 5 heteroatoms. The van der Waals surface area contributed by atoms with Crippen LogP contribution >= 0.6 is 0 Å². The lowest BCUT2D eigenvalue weighted by molar-refractivity contribution is 0.375.